The smallest absolute Gasteiger partial charge is 0.367 e. The minimum absolute atomic E-state index is 0.0276. The lowest BCUT2D eigenvalue weighted by molar-refractivity contribution is -0.195. The molecule has 11 heteroatoms. The van der Waals surface area contributed by atoms with Crippen molar-refractivity contribution in [2.75, 3.05) is 20.3 Å². The van der Waals surface area contributed by atoms with Crippen LogP contribution in [0.25, 0.3) is 0 Å². The Bertz CT molecular complexity index is 742. The fourth-order valence-electron chi connectivity index (χ4n) is 2.69. The second kappa shape index (κ2) is 11.3. The standard InChI is InChI=1S/C18H22INO9/c1-26-5-4-20-16(22)12-6-10(9-27-18(19)25)2-3-13(12)28-15-8-11(21)7-14(29-15)17(23)24/h2-3,6,11,14-15,21H,4-5,7-9H2,1H3,(H,20,22)(H,23,24). The number of aliphatic carboxylic acids is 1. The maximum absolute atomic E-state index is 12.6. The van der Waals surface area contributed by atoms with Crippen LogP contribution in [0.1, 0.15) is 28.8 Å². The molecular formula is C18H22INO9. The maximum Gasteiger partial charge on any atom is 0.367 e. The molecule has 29 heavy (non-hydrogen) atoms. The van der Waals surface area contributed by atoms with Crippen LogP contribution in [0.3, 0.4) is 0 Å². The quantitative estimate of drug-likeness (QED) is 0.249. The van der Waals surface area contributed by atoms with Gasteiger partial charge in [-0.25, -0.2) is 9.59 Å². The Balaban J connectivity index is 2.20. The van der Waals surface area contributed by atoms with Crippen LogP contribution < -0.4 is 10.1 Å². The van der Waals surface area contributed by atoms with Gasteiger partial charge in [0.15, 0.2) is 6.10 Å². The van der Waals surface area contributed by atoms with Gasteiger partial charge >= 0.3 is 9.95 Å². The number of rotatable bonds is 9. The van der Waals surface area contributed by atoms with Crippen molar-refractivity contribution in [2.24, 2.45) is 0 Å². The minimum atomic E-state index is -1.20. The molecule has 2 rings (SSSR count). The average Bonchev–Trinajstić information content (AvgIpc) is 2.66. The van der Waals surface area contributed by atoms with Crippen LogP contribution in [0.15, 0.2) is 18.2 Å². The van der Waals surface area contributed by atoms with Gasteiger partial charge in [0.2, 0.25) is 6.29 Å². The highest BCUT2D eigenvalue weighted by atomic mass is 127. The van der Waals surface area contributed by atoms with Gasteiger partial charge in [-0.3, -0.25) is 4.79 Å². The first-order valence-corrected chi connectivity index (χ1v) is 9.83. The van der Waals surface area contributed by atoms with Crippen molar-refractivity contribution in [3.63, 3.8) is 0 Å². The Morgan fingerprint density at radius 3 is 2.72 bits per heavy atom. The molecule has 0 bridgehead atoms. The molecule has 1 amide bonds. The number of carbonyl (C=O) groups is 3. The molecule has 3 atom stereocenters. The van der Waals surface area contributed by atoms with Crippen molar-refractivity contribution in [1.29, 1.82) is 0 Å². The van der Waals surface area contributed by atoms with Crippen LogP contribution >= 0.6 is 22.6 Å². The molecule has 0 spiro atoms. The summed E-state index contributed by atoms with van der Waals surface area (Å²) in [7, 11) is 1.50. The number of nitrogens with one attached hydrogen (secondary N) is 1. The summed E-state index contributed by atoms with van der Waals surface area (Å²) in [6, 6.07) is 4.61. The van der Waals surface area contributed by atoms with E-state index in [1.165, 1.54) is 41.8 Å². The van der Waals surface area contributed by atoms with Crippen LogP contribution in [-0.4, -0.2) is 64.8 Å². The summed E-state index contributed by atoms with van der Waals surface area (Å²) in [4.78, 5) is 34.8. The number of hydrogen-bond donors (Lipinski definition) is 3. The van der Waals surface area contributed by atoms with Gasteiger partial charge in [-0.05, 0) is 17.7 Å². The highest BCUT2D eigenvalue weighted by Gasteiger charge is 2.34. The number of carboxylic acid groups (broad SMARTS) is 1. The Morgan fingerprint density at radius 1 is 1.31 bits per heavy atom. The predicted molar refractivity (Wildman–Crippen MR) is 107 cm³/mol. The first-order valence-electron chi connectivity index (χ1n) is 8.75. The Kier molecular flexibility index (Phi) is 9.07. The molecule has 0 radical (unpaired) electrons. The van der Waals surface area contributed by atoms with E-state index < -0.39 is 34.4 Å². The monoisotopic (exact) mass is 523 g/mol. The normalized spacial score (nSPS) is 21.3. The fraction of sp³-hybridized carbons (Fsp3) is 0.500. The van der Waals surface area contributed by atoms with Gasteiger partial charge in [0.1, 0.15) is 12.4 Å². The van der Waals surface area contributed by atoms with Gasteiger partial charge in [0, 0.05) is 26.5 Å². The number of carboxylic acids is 1. The molecule has 3 unspecified atom stereocenters. The van der Waals surface area contributed by atoms with Crippen molar-refractivity contribution >= 4 is 38.4 Å². The van der Waals surface area contributed by atoms with Gasteiger partial charge in [-0.2, -0.15) is 0 Å². The first kappa shape index (κ1) is 23.3. The third-order valence-corrected chi connectivity index (χ3v) is 4.34. The molecule has 1 aliphatic heterocycles. The zero-order chi connectivity index (χ0) is 21.4. The van der Waals surface area contributed by atoms with Gasteiger partial charge in [-0.15, -0.1) is 0 Å². The molecule has 1 saturated heterocycles. The summed E-state index contributed by atoms with van der Waals surface area (Å²) in [5.74, 6) is -1.51. The van der Waals surface area contributed by atoms with E-state index in [9.17, 15) is 19.5 Å². The third-order valence-electron chi connectivity index (χ3n) is 4.03. The molecule has 1 aromatic carbocycles. The van der Waals surface area contributed by atoms with Gasteiger partial charge in [0.25, 0.3) is 5.91 Å². The molecule has 0 aliphatic carbocycles. The van der Waals surface area contributed by atoms with Crippen molar-refractivity contribution < 1.29 is 43.5 Å². The number of halogens is 1. The number of hydrogen-bond acceptors (Lipinski definition) is 8. The summed E-state index contributed by atoms with van der Waals surface area (Å²) in [6.07, 6.45) is -3.13. The lowest BCUT2D eigenvalue weighted by Crippen LogP contribution is -2.42. The zero-order valence-corrected chi connectivity index (χ0v) is 17.8. The maximum atomic E-state index is 12.6. The highest BCUT2D eigenvalue weighted by molar-refractivity contribution is 14.1. The van der Waals surface area contributed by atoms with E-state index in [0.717, 1.165) is 0 Å². The van der Waals surface area contributed by atoms with Gasteiger partial charge < -0.3 is 34.5 Å². The number of methoxy groups -OCH3 is 1. The molecule has 1 aromatic rings. The molecule has 1 fully saturated rings. The number of aliphatic hydroxyl groups is 1. The number of ether oxygens (including phenoxy) is 4. The van der Waals surface area contributed by atoms with Crippen LogP contribution in [0.4, 0.5) is 4.79 Å². The van der Waals surface area contributed by atoms with Crippen LogP contribution in [0, 0.1) is 0 Å². The minimum Gasteiger partial charge on any atom is -0.479 e. The Hall–Kier alpha value is -1.96. The summed E-state index contributed by atoms with van der Waals surface area (Å²) in [5, 5.41) is 21.7. The summed E-state index contributed by atoms with van der Waals surface area (Å²) >= 11 is 1.50. The molecular weight excluding hydrogens is 501 g/mol. The van der Waals surface area contributed by atoms with Crippen LogP contribution in [0.2, 0.25) is 0 Å². The fourth-order valence-corrected chi connectivity index (χ4v) is 2.84. The van der Waals surface area contributed by atoms with Gasteiger partial charge in [-0.1, -0.05) is 6.07 Å². The van der Waals surface area contributed by atoms with Crippen LogP contribution in [0.5, 0.6) is 5.75 Å². The van der Waals surface area contributed by atoms with E-state index in [1.54, 1.807) is 6.07 Å². The van der Waals surface area contributed by atoms with E-state index in [-0.39, 0.29) is 37.3 Å². The van der Waals surface area contributed by atoms with Crippen molar-refractivity contribution in [2.45, 2.75) is 37.9 Å². The SMILES string of the molecule is COCCNC(=O)c1cc(COC(=O)I)ccc1OC1CC(O)CC(C(=O)O)O1. The second-order valence-electron chi connectivity index (χ2n) is 6.24. The topological polar surface area (TPSA) is 141 Å². The molecule has 0 aromatic heterocycles. The number of benzene rings is 1. The van der Waals surface area contributed by atoms with E-state index in [1.807, 2.05) is 0 Å². The zero-order valence-electron chi connectivity index (χ0n) is 15.6. The summed E-state index contributed by atoms with van der Waals surface area (Å²) < 4.78 is 20.4. The molecule has 10 nitrogen and oxygen atoms in total. The lowest BCUT2D eigenvalue weighted by Gasteiger charge is -2.31. The average molecular weight is 523 g/mol. The van der Waals surface area contributed by atoms with E-state index in [2.05, 4.69) is 5.32 Å². The largest absolute Gasteiger partial charge is 0.479 e. The predicted octanol–water partition coefficient (Wildman–Crippen LogP) is 1.46. The highest BCUT2D eigenvalue weighted by Crippen LogP contribution is 2.27. The third kappa shape index (κ3) is 7.42. The number of amides is 1. The van der Waals surface area contributed by atoms with Crippen LogP contribution in [-0.2, 0) is 25.6 Å². The summed E-state index contributed by atoms with van der Waals surface area (Å²) in [6.45, 7) is 0.549. The Morgan fingerprint density at radius 2 is 2.07 bits per heavy atom. The van der Waals surface area contributed by atoms with E-state index in [4.69, 9.17) is 24.1 Å². The van der Waals surface area contributed by atoms with Gasteiger partial charge in [0.05, 0.1) is 40.9 Å². The van der Waals surface area contributed by atoms with E-state index in [0.29, 0.717) is 12.2 Å². The molecule has 1 aliphatic rings. The van der Waals surface area contributed by atoms with Crippen molar-refractivity contribution in [1.82, 2.24) is 5.32 Å². The Labute approximate surface area is 180 Å². The number of aliphatic hydroxyl groups excluding tert-OH is 1. The first-order chi connectivity index (χ1) is 13.8. The van der Waals surface area contributed by atoms with E-state index >= 15 is 0 Å². The molecule has 3 N–H and O–H groups in total. The molecule has 160 valence electrons. The van der Waals surface area contributed by atoms with Crippen molar-refractivity contribution in [3.8, 4) is 5.75 Å². The molecule has 1 heterocycles. The summed E-state index contributed by atoms with van der Waals surface area (Å²) in [5.41, 5.74) is 0.714. The molecule has 0 saturated carbocycles. The van der Waals surface area contributed by atoms with Crippen molar-refractivity contribution in [3.05, 3.63) is 29.3 Å². The lowest BCUT2D eigenvalue weighted by atomic mass is 10.0. The number of carbonyl (C=O) groups excluding carboxylic acids is 2. The second-order valence-corrected chi connectivity index (χ2v) is 7.12.